The Labute approximate surface area is 77.6 Å². The first-order valence-corrected chi connectivity index (χ1v) is 6.14. The second kappa shape index (κ2) is 5.83. The van der Waals surface area contributed by atoms with Crippen molar-refractivity contribution in [2.75, 3.05) is 11.9 Å². The first-order valence-electron chi connectivity index (χ1n) is 4.72. The highest BCUT2D eigenvalue weighted by Crippen LogP contribution is 2.05. The molecule has 1 rings (SSSR count). The van der Waals surface area contributed by atoms with Gasteiger partial charge in [0.05, 0.1) is 0 Å². The average molecular weight is 179 g/mol. The van der Waals surface area contributed by atoms with E-state index in [1.54, 1.807) is 0 Å². The number of hydrogen-bond acceptors (Lipinski definition) is 1. The lowest BCUT2D eigenvalue weighted by atomic mass is 10.3. The molecule has 0 aliphatic carbocycles. The summed E-state index contributed by atoms with van der Waals surface area (Å²) in [6.45, 7) is 1.12. The van der Waals surface area contributed by atoms with Gasteiger partial charge in [0, 0.05) is 22.5 Å². The highest BCUT2D eigenvalue weighted by molar-refractivity contribution is 6.08. The van der Waals surface area contributed by atoms with Gasteiger partial charge in [-0.1, -0.05) is 30.7 Å². The van der Waals surface area contributed by atoms with Gasteiger partial charge in [0.1, 0.15) is 0 Å². The minimum atomic E-state index is 1.12. The molecule has 0 aromatic heterocycles. The summed E-state index contributed by atoms with van der Waals surface area (Å²) in [6, 6.07) is 11.8. The summed E-state index contributed by atoms with van der Waals surface area (Å²) >= 11 is 0. The Morgan fingerprint density at radius 1 is 1.08 bits per heavy atom. The first-order chi connectivity index (χ1) is 5.93. The quantitative estimate of drug-likeness (QED) is 0.535. The largest absolute Gasteiger partial charge is 0.385 e. The number of anilines is 1. The molecule has 0 aliphatic heterocycles. The predicted octanol–water partition coefficient (Wildman–Crippen LogP) is 1.66. The lowest BCUT2D eigenvalue weighted by Gasteiger charge is -2.04. The smallest absolute Gasteiger partial charge is 0.0340 e. The molecule has 12 heavy (non-hydrogen) atoms. The van der Waals surface area contributed by atoms with E-state index in [-0.39, 0.29) is 0 Å². The number of unbranched alkanes of at least 4 members (excludes halogenated alkanes) is 1. The van der Waals surface area contributed by atoms with Crippen LogP contribution in [0.5, 0.6) is 0 Å². The molecule has 0 radical (unpaired) electrons. The van der Waals surface area contributed by atoms with Crippen molar-refractivity contribution >= 4 is 15.9 Å². The highest BCUT2D eigenvalue weighted by atomic mass is 28.1. The van der Waals surface area contributed by atoms with Gasteiger partial charge in [0.15, 0.2) is 0 Å². The van der Waals surface area contributed by atoms with Crippen LogP contribution in [0, 0.1) is 0 Å². The molecule has 1 aromatic carbocycles. The van der Waals surface area contributed by atoms with E-state index < -0.39 is 0 Å². The number of benzene rings is 1. The maximum atomic E-state index is 3.39. The molecule has 0 bridgehead atoms. The molecule has 66 valence electrons. The first kappa shape index (κ1) is 9.33. The molecule has 2 heteroatoms. The SMILES string of the molecule is [SiH3]CCCCNc1ccccc1. The van der Waals surface area contributed by atoms with E-state index in [9.17, 15) is 0 Å². The normalized spacial score (nSPS) is 10.0. The average Bonchev–Trinajstić information content (AvgIpc) is 2.14. The van der Waals surface area contributed by atoms with Crippen molar-refractivity contribution in [2.24, 2.45) is 0 Å². The molecule has 1 nitrogen and oxygen atoms in total. The summed E-state index contributed by atoms with van der Waals surface area (Å²) in [7, 11) is 1.35. The fraction of sp³-hybridized carbons (Fsp3) is 0.400. The van der Waals surface area contributed by atoms with Gasteiger partial charge in [-0.3, -0.25) is 0 Å². The Kier molecular flexibility index (Phi) is 4.53. The summed E-state index contributed by atoms with van der Waals surface area (Å²) < 4.78 is 0. The van der Waals surface area contributed by atoms with Gasteiger partial charge >= 0.3 is 0 Å². The molecule has 0 saturated heterocycles. The molecule has 0 amide bonds. The standard InChI is InChI=1S/C10H17NSi/c12-9-5-4-8-11-10-6-2-1-3-7-10/h1-3,6-7,11H,4-5,8-9H2,12H3. The Balaban J connectivity index is 2.16. The number of hydrogen-bond donors (Lipinski definition) is 1. The second-order valence-corrected chi connectivity index (χ2v) is 4.00. The molecule has 1 N–H and O–H groups in total. The maximum Gasteiger partial charge on any atom is 0.0340 e. The number of para-hydroxylation sites is 1. The number of nitrogens with one attached hydrogen (secondary N) is 1. The minimum Gasteiger partial charge on any atom is -0.385 e. The van der Waals surface area contributed by atoms with Gasteiger partial charge in [0.2, 0.25) is 0 Å². The van der Waals surface area contributed by atoms with Gasteiger partial charge in [-0.05, 0) is 18.6 Å². The van der Waals surface area contributed by atoms with Crippen molar-refractivity contribution in [1.82, 2.24) is 0 Å². The van der Waals surface area contributed by atoms with Crippen molar-refractivity contribution in [3.8, 4) is 0 Å². The van der Waals surface area contributed by atoms with Crippen LogP contribution in [0.15, 0.2) is 30.3 Å². The topological polar surface area (TPSA) is 12.0 Å². The molecule has 0 heterocycles. The van der Waals surface area contributed by atoms with Crippen LogP contribution in [-0.4, -0.2) is 16.8 Å². The van der Waals surface area contributed by atoms with E-state index in [0.29, 0.717) is 0 Å². The zero-order valence-corrected chi connectivity index (χ0v) is 9.72. The van der Waals surface area contributed by atoms with Crippen LogP contribution < -0.4 is 5.32 Å². The zero-order chi connectivity index (χ0) is 8.65. The van der Waals surface area contributed by atoms with E-state index in [2.05, 4.69) is 29.6 Å². The predicted molar refractivity (Wildman–Crippen MR) is 58.9 cm³/mol. The Morgan fingerprint density at radius 2 is 1.83 bits per heavy atom. The van der Waals surface area contributed by atoms with Crippen LogP contribution >= 0.6 is 0 Å². The third-order valence-electron chi connectivity index (χ3n) is 1.88. The third kappa shape index (κ3) is 3.58. The number of rotatable bonds is 5. The molecule has 0 fully saturated rings. The van der Waals surface area contributed by atoms with Gasteiger partial charge in [-0.25, -0.2) is 0 Å². The Hall–Kier alpha value is -0.763. The van der Waals surface area contributed by atoms with E-state index in [1.165, 1.54) is 34.8 Å². The molecule has 0 spiro atoms. The Bertz CT molecular complexity index is 198. The van der Waals surface area contributed by atoms with E-state index >= 15 is 0 Å². The van der Waals surface area contributed by atoms with Crippen LogP contribution in [-0.2, 0) is 0 Å². The molecular weight excluding hydrogens is 162 g/mol. The fourth-order valence-corrected chi connectivity index (χ4v) is 1.66. The summed E-state index contributed by atoms with van der Waals surface area (Å²) in [6.07, 6.45) is 2.68. The monoisotopic (exact) mass is 179 g/mol. The molecule has 0 aliphatic rings. The fourth-order valence-electron chi connectivity index (χ4n) is 1.16. The third-order valence-corrected chi connectivity index (χ3v) is 2.59. The van der Waals surface area contributed by atoms with Crippen LogP contribution in [0.25, 0.3) is 0 Å². The summed E-state index contributed by atoms with van der Waals surface area (Å²) in [5, 5.41) is 3.39. The van der Waals surface area contributed by atoms with Crippen LogP contribution in [0.4, 0.5) is 5.69 Å². The van der Waals surface area contributed by atoms with E-state index in [1.807, 2.05) is 6.07 Å². The maximum absolute atomic E-state index is 3.39. The molecule has 0 atom stereocenters. The lowest BCUT2D eigenvalue weighted by molar-refractivity contribution is 0.833. The van der Waals surface area contributed by atoms with Crippen LogP contribution in [0.1, 0.15) is 12.8 Å². The summed E-state index contributed by atoms with van der Waals surface area (Å²) in [5.74, 6) is 0. The van der Waals surface area contributed by atoms with Gasteiger partial charge < -0.3 is 5.32 Å². The van der Waals surface area contributed by atoms with Crippen molar-refractivity contribution in [1.29, 1.82) is 0 Å². The van der Waals surface area contributed by atoms with Gasteiger partial charge in [0.25, 0.3) is 0 Å². The van der Waals surface area contributed by atoms with Crippen LogP contribution in [0.3, 0.4) is 0 Å². The zero-order valence-electron chi connectivity index (χ0n) is 7.72. The van der Waals surface area contributed by atoms with Gasteiger partial charge in [-0.15, -0.1) is 0 Å². The second-order valence-electron chi connectivity index (χ2n) is 3.00. The molecular formula is C10H17NSi. The van der Waals surface area contributed by atoms with E-state index in [0.717, 1.165) is 6.54 Å². The van der Waals surface area contributed by atoms with Crippen molar-refractivity contribution in [2.45, 2.75) is 18.9 Å². The molecule has 0 unspecified atom stereocenters. The molecule has 1 aromatic rings. The lowest BCUT2D eigenvalue weighted by Crippen LogP contribution is -2.00. The van der Waals surface area contributed by atoms with E-state index in [4.69, 9.17) is 0 Å². The summed E-state index contributed by atoms with van der Waals surface area (Å²) in [5.41, 5.74) is 1.24. The van der Waals surface area contributed by atoms with Crippen molar-refractivity contribution in [3.63, 3.8) is 0 Å². The highest BCUT2D eigenvalue weighted by Gasteiger charge is 1.87. The minimum absolute atomic E-state index is 1.12. The van der Waals surface area contributed by atoms with Crippen molar-refractivity contribution < 1.29 is 0 Å². The van der Waals surface area contributed by atoms with Gasteiger partial charge in [-0.2, -0.15) is 0 Å². The Morgan fingerprint density at radius 3 is 2.50 bits per heavy atom. The van der Waals surface area contributed by atoms with Crippen LogP contribution in [0.2, 0.25) is 6.04 Å². The molecule has 0 saturated carbocycles. The van der Waals surface area contributed by atoms with Crippen molar-refractivity contribution in [3.05, 3.63) is 30.3 Å². The summed E-state index contributed by atoms with van der Waals surface area (Å²) in [4.78, 5) is 0.